The molecule has 2 aliphatic rings. The first-order valence-corrected chi connectivity index (χ1v) is 24.8. The summed E-state index contributed by atoms with van der Waals surface area (Å²) in [5.41, 5.74) is 5.27. The maximum atomic E-state index is 12.4. The molecule has 0 radical (unpaired) electrons. The first-order valence-electron chi connectivity index (χ1n) is 21.9. The van der Waals surface area contributed by atoms with Crippen LogP contribution in [0.2, 0.25) is 0 Å². The van der Waals surface area contributed by atoms with Gasteiger partial charge in [-0.2, -0.15) is 13.1 Å². The van der Waals surface area contributed by atoms with Crippen molar-refractivity contribution >= 4 is 36.0 Å². The highest BCUT2D eigenvalue weighted by atomic mass is 32.2. The van der Waals surface area contributed by atoms with Crippen LogP contribution in [0.1, 0.15) is 142 Å². The molecule has 0 saturated carbocycles. The molecule has 0 amide bonds. The van der Waals surface area contributed by atoms with Crippen LogP contribution < -0.4 is 10.5 Å². The maximum absolute atomic E-state index is 12.4. The molecule has 0 spiro atoms. The number of nitrogens with one attached hydrogen (secondary N) is 1. The first-order chi connectivity index (χ1) is 29.1. The average Bonchev–Trinajstić information content (AvgIpc) is 3.49. The highest BCUT2D eigenvalue weighted by Crippen LogP contribution is 2.46. The number of hydrogen-bond donors (Lipinski definition) is 5. The molecule has 21 heteroatoms. The van der Waals surface area contributed by atoms with Gasteiger partial charge in [-0.05, 0) is 38.5 Å². The van der Waals surface area contributed by atoms with Gasteiger partial charge in [-0.1, -0.05) is 83.1 Å². The van der Waals surface area contributed by atoms with Gasteiger partial charge in [-0.3, -0.25) is 23.2 Å². The number of phosphoric ester groups is 1. The van der Waals surface area contributed by atoms with E-state index in [0.29, 0.717) is 25.9 Å². The second-order valence-corrected chi connectivity index (χ2v) is 18.3. The second-order valence-electron chi connectivity index (χ2n) is 15.7. The van der Waals surface area contributed by atoms with Crippen LogP contribution in [0.15, 0.2) is 12.2 Å². The number of allylic oxidation sites excluding steroid dienone is 1. The summed E-state index contributed by atoms with van der Waals surface area (Å²) in [6.45, 7) is 1.51. The van der Waals surface area contributed by atoms with E-state index < -0.39 is 61.2 Å². The molecular formula is C40H73N2O17PS. The van der Waals surface area contributed by atoms with E-state index in [0.717, 1.165) is 77.0 Å². The highest BCUT2D eigenvalue weighted by molar-refractivity contribution is 7.83. The van der Waals surface area contributed by atoms with Crippen molar-refractivity contribution in [1.29, 1.82) is 0 Å². The van der Waals surface area contributed by atoms with E-state index in [9.17, 15) is 32.3 Å². The molecule has 19 nitrogen and oxygen atoms in total. The Balaban J connectivity index is 1.61. The number of fused-ring (bicyclic) bond motifs is 2. The average molecular weight is 917 g/mol. The zero-order chi connectivity index (χ0) is 45.0. The monoisotopic (exact) mass is 916 g/mol. The molecule has 2 bridgehead atoms. The number of aliphatic hydroxyl groups is 1. The van der Waals surface area contributed by atoms with Crippen LogP contribution in [0.25, 0.3) is 0 Å². The maximum Gasteiger partial charge on any atom is 0.472 e. The minimum absolute atomic E-state index is 0.00372. The topological polar surface area (TPSA) is 275 Å². The van der Waals surface area contributed by atoms with Crippen LogP contribution in [-0.2, 0) is 66.7 Å². The van der Waals surface area contributed by atoms with Crippen molar-refractivity contribution in [2.45, 2.75) is 179 Å². The molecule has 61 heavy (non-hydrogen) atoms. The third kappa shape index (κ3) is 26.3. The van der Waals surface area contributed by atoms with Crippen molar-refractivity contribution in [2.24, 2.45) is 5.73 Å². The summed E-state index contributed by atoms with van der Waals surface area (Å²) in [4.78, 5) is 45.2. The zero-order valence-corrected chi connectivity index (χ0v) is 37.8. The summed E-state index contributed by atoms with van der Waals surface area (Å²) < 4.78 is 88.1. The largest absolute Gasteiger partial charge is 0.472 e. The number of carbonyl (C=O) groups is 3. The molecule has 0 aromatic carbocycles. The quantitative estimate of drug-likeness (QED) is 0.0135. The van der Waals surface area contributed by atoms with Crippen LogP contribution in [0.5, 0.6) is 0 Å². The van der Waals surface area contributed by atoms with Crippen molar-refractivity contribution in [1.82, 2.24) is 4.72 Å². The van der Waals surface area contributed by atoms with Gasteiger partial charge in [0.15, 0.2) is 11.9 Å². The minimum atomic E-state index is -4.43. The summed E-state index contributed by atoms with van der Waals surface area (Å²) in [6, 6.07) is -0.857. The second kappa shape index (κ2) is 30.9. The van der Waals surface area contributed by atoms with Gasteiger partial charge >= 0.3 is 36.0 Å². The number of phosphoric acid groups is 1. The lowest BCUT2D eigenvalue weighted by atomic mass is 9.94. The van der Waals surface area contributed by atoms with Crippen molar-refractivity contribution in [2.75, 3.05) is 46.2 Å². The Morgan fingerprint density at radius 2 is 1.51 bits per heavy atom. The van der Waals surface area contributed by atoms with Gasteiger partial charge in [0.1, 0.15) is 18.8 Å². The van der Waals surface area contributed by atoms with Gasteiger partial charge in [0.25, 0.3) is 0 Å². The lowest BCUT2D eigenvalue weighted by Crippen LogP contribution is -2.43. The Kier molecular flexibility index (Phi) is 27.9. The van der Waals surface area contributed by atoms with Gasteiger partial charge in [-0.25, -0.2) is 9.36 Å². The molecule has 7 unspecified atom stereocenters. The summed E-state index contributed by atoms with van der Waals surface area (Å²) in [5, 5.41) is 9.15. The third-order valence-electron chi connectivity index (χ3n) is 10.2. The van der Waals surface area contributed by atoms with E-state index in [1.807, 2.05) is 4.72 Å². The van der Waals surface area contributed by atoms with Crippen molar-refractivity contribution < 1.29 is 79.4 Å². The fourth-order valence-corrected chi connectivity index (χ4v) is 8.59. The van der Waals surface area contributed by atoms with Gasteiger partial charge in [0.2, 0.25) is 0 Å². The molecule has 7 atom stereocenters. The zero-order valence-electron chi connectivity index (χ0n) is 36.1. The van der Waals surface area contributed by atoms with E-state index in [-0.39, 0.29) is 50.6 Å². The van der Waals surface area contributed by atoms with Crippen molar-refractivity contribution in [3.05, 3.63) is 12.2 Å². The lowest BCUT2D eigenvalue weighted by molar-refractivity contribution is -0.220. The standard InChI is InChI=1S/C40H73N2O17PS/c1-32(44)53-30-35(31-55-60(47,48)54-27-25-41)57-38(46)21-17-13-11-12-16-20-37-39-36(56-33(2)45)22-24-40(58-37,59-39)23-18-14-9-7-5-3-4-6-8-10-15-19-26-52-29-34(28-43)42-61(49,50)51/h17,21,34-37,39,42-43H,3-16,18-20,22-31,41H2,1-2H3,(H,47,48)(H,49,50,51). The molecule has 0 aliphatic carbocycles. The van der Waals surface area contributed by atoms with E-state index in [1.165, 1.54) is 52.0 Å². The number of carbonyl (C=O) groups excluding carboxylic acids is 3. The van der Waals surface area contributed by atoms with E-state index in [2.05, 4.69) is 4.52 Å². The summed E-state index contributed by atoms with van der Waals surface area (Å²) in [5.74, 6) is -2.32. The number of aliphatic hydroxyl groups excluding tert-OH is 1. The Bertz CT molecular complexity index is 1440. The van der Waals surface area contributed by atoms with Gasteiger partial charge < -0.3 is 44.2 Å². The molecule has 2 saturated heterocycles. The number of nitrogens with two attached hydrogens (primary N) is 1. The molecular weight excluding hydrogens is 843 g/mol. The lowest BCUT2D eigenvalue weighted by Gasteiger charge is -2.35. The van der Waals surface area contributed by atoms with Crippen LogP contribution in [0.4, 0.5) is 0 Å². The Labute approximate surface area is 361 Å². The predicted octanol–water partition coefficient (Wildman–Crippen LogP) is 5.11. The van der Waals surface area contributed by atoms with Gasteiger partial charge in [-0.15, -0.1) is 0 Å². The first kappa shape index (κ1) is 55.1. The highest BCUT2D eigenvalue weighted by Gasteiger charge is 2.54. The minimum Gasteiger partial charge on any atom is -0.462 e. The summed E-state index contributed by atoms with van der Waals surface area (Å²) in [6.07, 6.45) is 20.4. The molecule has 6 N–H and O–H groups in total. The smallest absolute Gasteiger partial charge is 0.462 e. The van der Waals surface area contributed by atoms with Crippen LogP contribution in [-0.4, -0.2) is 123 Å². The number of ether oxygens (including phenoxy) is 6. The van der Waals surface area contributed by atoms with Gasteiger partial charge in [0, 0.05) is 45.9 Å². The van der Waals surface area contributed by atoms with Crippen molar-refractivity contribution in [3.63, 3.8) is 0 Å². The fourth-order valence-electron chi connectivity index (χ4n) is 7.26. The Morgan fingerprint density at radius 1 is 0.869 bits per heavy atom. The molecule has 0 aromatic heterocycles. The molecule has 2 aliphatic heterocycles. The van der Waals surface area contributed by atoms with Gasteiger partial charge in [0.05, 0.1) is 38.6 Å². The van der Waals surface area contributed by atoms with Crippen LogP contribution >= 0.6 is 7.82 Å². The number of rotatable bonds is 37. The van der Waals surface area contributed by atoms with Crippen molar-refractivity contribution in [3.8, 4) is 0 Å². The van der Waals surface area contributed by atoms with Crippen LogP contribution in [0.3, 0.4) is 0 Å². The molecule has 2 rings (SSSR count). The number of unbranched alkanes of at least 4 members (excludes halogenated alkanes) is 14. The predicted molar refractivity (Wildman–Crippen MR) is 223 cm³/mol. The molecule has 0 aromatic rings. The molecule has 2 heterocycles. The van der Waals surface area contributed by atoms with Crippen LogP contribution in [0, 0.1) is 0 Å². The number of hydrogen-bond acceptors (Lipinski definition) is 16. The molecule has 356 valence electrons. The number of esters is 3. The van der Waals surface area contributed by atoms with E-state index >= 15 is 0 Å². The van der Waals surface area contributed by atoms with E-state index in [1.54, 1.807) is 6.08 Å². The van der Waals surface area contributed by atoms with E-state index in [4.69, 9.17) is 48.3 Å². The third-order valence-corrected chi connectivity index (χ3v) is 11.8. The summed E-state index contributed by atoms with van der Waals surface area (Å²) >= 11 is 0. The normalized spacial score (nSPS) is 22.2. The SMILES string of the molecule is CC(=O)OCC(COP(=O)(O)OCCN)OC(=O)C=CCCCCCC1OC2(CCCCCCCCCCCCCCOCC(CO)NS(=O)(=O)O)CCC(OC(C)=O)C1O2. The molecule has 2 fully saturated rings. The summed E-state index contributed by atoms with van der Waals surface area (Å²) in [7, 11) is -8.80. The fraction of sp³-hybridized carbons (Fsp3) is 0.875. The Hall–Kier alpha value is -2.07. The Morgan fingerprint density at radius 3 is 2.11 bits per heavy atom.